The molecule has 0 saturated heterocycles. The van der Waals surface area contributed by atoms with Crippen LogP contribution in [0.3, 0.4) is 0 Å². The van der Waals surface area contributed by atoms with Gasteiger partial charge in [-0.3, -0.25) is 0 Å². The molecule has 0 amide bonds. The van der Waals surface area contributed by atoms with Gasteiger partial charge in [0.05, 0.1) is 0 Å². The maximum atomic E-state index is 5.69. The Labute approximate surface area is 107 Å². The van der Waals surface area contributed by atoms with Crippen molar-refractivity contribution >= 4 is 21.6 Å². The lowest BCUT2D eigenvalue weighted by molar-refractivity contribution is 0.591. The van der Waals surface area contributed by atoms with Gasteiger partial charge in [-0.2, -0.15) is 0 Å². The fourth-order valence-electron chi connectivity index (χ4n) is 2.00. The molecule has 0 aliphatic carbocycles. The zero-order valence-corrected chi connectivity index (χ0v) is 11.9. The van der Waals surface area contributed by atoms with E-state index in [0.29, 0.717) is 12.6 Å². The van der Waals surface area contributed by atoms with Crippen molar-refractivity contribution in [3.05, 3.63) is 28.2 Å². The third-order valence-electron chi connectivity index (χ3n) is 3.08. The van der Waals surface area contributed by atoms with Crippen LogP contribution in [0.4, 0.5) is 5.69 Å². The highest BCUT2D eigenvalue weighted by molar-refractivity contribution is 9.10. The average Bonchev–Trinajstić information content (AvgIpc) is 2.29. The summed E-state index contributed by atoms with van der Waals surface area (Å²) in [6.07, 6.45) is 2.33. The highest BCUT2D eigenvalue weighted by Gasteiger charge is 2.12. The van der Waals surface area contributed by atoms with Crippen LogP contribution >= 0.6 is 15.9 Å². The quantitative estimate of drug-likeness (QED) is 0.896. The van der Waals surface area contributed by atoms with Crippen molar-refractivity contribution in [2.45, 2.75) is 39.3 Å². The lowest BCUT2D eigenvalue weighted by Gasteiger charge is -2.29. The van der Waals surface area contributed by atoms with Crippen LogP contribution in [-0.2, 0) is 6.54 Å². The molecule has 90 valence electrons. The maximum Gasteiger partial charge on any atom is 0.0380 e. The van der Waals surface area contributed by atoms with Crippen molar-refractivity contribution in [1.29, 1.82) is 0 Å². The molecular weight excluding hydrogens is 264 g/mol. The summed E-state index contributed by atoms with van der Waals surface area (Å²) in [5.41, 5.74) is 8.10. The zero-order valence-electron chi connectivity index (χ0n) is 10.3. The molecule has 0 aliphatic rings. The molecule has 0 aliphatic heterocycles. The molecule has 0 radical (unpaired) electrons. The Balaban J connectivity index is 2.97. The predicted octanol–water partition coefficient (Wildman–Crippen LogP) is 3.53. The molecule has 0 saturated carbocycles. The molecule has 2 nitrogen and oxygen atoms in total. The lowest BCUT2D eigenvalue weighted by Crippen LogP contribution is -2.30. The van der Waals surface area contributed by atoms with Gasteiger partial charge in [0.1, 0.15) is 0 Å². The first-order valence-electron chi connectivity index (χ1n) is 5.84. The molecule has 2 N–H and O–H groups in total. The molecule has 1 rings (SSSR count). The molecule has 0 fully saturated rings. The van der Waals surface area contributed by atoms with Crippen LogP contribution in [0.15, 0.2) is 22.7 Å². The number of hydrogen-bond donors (Lipinski definition) is 1. The van der Waals surface area contributed by atoms with Crippen LogP contribution in [0.1, 0.15) is 32.3 Å². The van der Waals surface area contributed by atoms with Gasteiger partial charge in [-0.1, -0.05) is 29.8 Å². The summed E-state index contributed by atoms with van der Waals surface area (Å²) in [6.45, 7) is 5.04. The average molecular weight is 285 g/mol. The van der Waals surface area contributed by atoms with Gasteiger partial charge in [0.25, 0.3) is 0 Å². The molecule has 0 unspecified atom stereocenters. The zero-order chi connectivity index (χ0) is 12.1. The van der Waals surface area contributed by atoms with Gasteiger partial charge in [0.15, 0.2) is 0 Å². The van der Waals surface area contributed by atoms with Crippen LogP contribution in [0, 0.1) is 0 Å². The van der Waals surface area contributed by atoms with E-state index in [4.69, 9.17) is 5.73 Å². The van der Waals surface area contributed by atoms with Crippen molar-refractivity contribution in [2.24, 2.45) is 5.73 Å². The maximum absolute atomic E-state index is 5.69. The van der Waals surface area contributed by atoms with Crippen LogP contribution in [0.25, 0.3) is 0 Å². The Morgan fingerprint density at radius 1 is 1.25 bits per heavy atom. The Hall–Kier alpha value is -0.540. The van der Waals surface area contributed by atoms with E-state index in [1.807, 2.05) is 0 Å². The SMILES string of the molecule is CCC(CC)N(C)c1cc(Br)cc(CN)c1. The molecule has 1 aromatic carbocycles. The van der Waals surface area contributed by atoms with Gasteiger partial charge in [0.2, 0.25) is 0 Å². The van der Waals surface area contributed by atoms with E-state index >= 15 is 0 Å². The summed E-state index contributed by atoms with van der Waals surface area (Å²) in [4.78, 5) is 2.34. The van der Waals surface area contributed by atoms with E-state index in [0.717, 1.165) is 17.3 Å². The predicted molar refractivity (Wildman–Crippen MR) is 74.8 cm³/mol. The number of benzene rings is 1. The topological polar surface area (TPSA) is 29.3 Å². The number of nitrogens with two attached hydrogens (primary N) is 1. The molecule has 0 aromatic heterocycles. The van der Waals surface area contributed by atoms with Gasteiger partial charge in [-0.05, 0) is 36.6 Å². The second kappa shape index (κ2) is 6.26. The summed E-state index contributed by atoms with van der Waals surface area (Å²) in [5, 5.41) is 0. The minimum Gasteiger partial charge on any atom is -0.372 e. The summed E-state index contributed by atoms with van der Waals surface area (Å²) >= 11 is 3.53. The lowest BCUT2D eigenvalue weighted by atomic mass is 10.1. The van der Waals surface area contributed by atoms with Gasteiger partial charge in [-0.25, -0.2) is 0 Å². The van der Waals surface area contributed by atoms with Crippen molar-refractivity contribution in [1.82, 2.24) is 0 Å². The first-order chi connectivity index (χ1) is 7.62. The summed E-state index contributed by atoms with van der Waals surface area (Å²) in [5.74, 6) is 0. The molecule has 0 atom stereocenters. The normalized spacial score (nSPS) is 10.9. The summed E-state index contributed by atoms with van der Waals surface area (Å²) < 4.78 is 1.10. The second-order valence-corrected chi connectivity index (χ2v) is 5.02. The van der Waals surface area contributed by atoms with E-state index in [9.17, 15) is 0 Å². The molecule has 3 heteroatoms. The monoisotopic (exact) mass is 284 g/mol. The van der Waals surface area contributed by atoms with Crippen molar-refractivity contribution in [3.8, 4) is 0 Å². The number of nitrogens with zero attached hydrogens (tertiary/aromatic N) is 1. The first kappa shape index (κ1) is 13.5. The van der Waals surface area contributed by atoms with E-state index in [2.05, 4.69) is 59.9 Å². The van der Waals surface area contributed by atoms with Gasteiger partial charge < -0.3 is 10.6 Å². The Morgan fingerprint density at radius 2 is 1.88 bits per heavy atom. The van der Waals surface area contributed by atoms with Crippen molar-refractivity contribution in [2.75, 3.05) is 11.9 Å². The number of halogens is 1. The standard InChI is InChI=1S/C13H21BrN2/c1-4-12(5-2)16(3)13-7-10(9-15)6-11(14)8-13/h6-8,12H,4-5,9,15H2,1-3H3. The second-order valence-electron chi connectivity index (χ2n) is 4.10. The first-order valence-corrected chi connectivity index (χ1v) is 6.64. The van der Waals surface area contributed by atoms with Gasteiger partial charge in [0, 0.05) is 29.8 Å². The Kier molecular flexibility index (Phi) is 5.29. The van der Waals surface area contributed by atoms with Crippen molar-refractivity contribution < 1.29 is 0 Å². The van der Waals surface area contributed by atoms with E-state index < -0.39 is 0 Å². The van der Waals surface area contributed by atoms with Gasteiger partial charge in [-0.15, -0.1) is 0 Å². The Morgan fingerprint density at radius 3 is 2.38 bits per heavy atom. The van der Waals surface area contributed by atoms with Crippen LogP contribution in [0.5, 0.6) is 0 Å². The van der Waals surface area contributed by atoms with E-state index in [1.165, 1.54) is 11.3 Å². The third-order valence-corrected chi connectivity index (χ3v) is 3.53. The van der Waals surface area contributed by atoms with Crippen LogP contribution < -0.4 is 10.6 Å². The number of hydrogen-bond acceptors (Lipinski definition) is 2. The molecule has 1 aromatic rings. The third kappa shape index (κ3) is 3.22. The molecular formula is C13H21BrN2. The highest BCUT2D eigenvalue weighted by atomic mass is 79.9. The van der Waals surface area contributed by atoms with Crippen molar-refractivity contribution in [3.63, 3.8) is 0 Å². The smallest absolute Gasteiger partial charge is 0.0380 e. The van der Waals surface area contributed by atoms with Crippen LogP contribution in [0.2, 0.25) is 0 Å². The highest BCUT2D eigenvalue weighted by Crippen LogP contribution is 2.24. The molecule has 0 heterocycles. The summed E-state index contributed by atoms with van der Waals surface area (Å²) in [7, 11) is 2.15. The number of rotatable bonds is 5. The largest absolute Gasteiger partial charge is 0.372 e. The van der Waals surface area contributed by atoms with Gasteiger partial charge >= 0.3 is 0 Å². The van der Waals surface area contributed by atoms with E-state index in [1.54, 1.807) is 0 Å². The minimum absolute atomic E-state index is 0.587. The van der Waals surface area contributed by atoms with E-state index in [-0.39, 0.29) is 0 Å². The fourth-order valence-corrected chi connectivity index (χ4v) is 2.53. The number of anilines is 1. The Bertz CT molecular complexity index is 335. The molecule has 16 heavy (non-hydrogen) atoms. The fraction of sp³-hybridized carbons (Fsp3) is 0.538. The van der Waals surface area contributed by atoms with Crippen LogP contribution in [-0.4, -0.2) is 13.1 Å². The molecule has 0 bridgehead atoms. The molecule has 0 spiro atoms. The summed E-state index contributed by atoms with van der Waals surface area (Å²) in [6, 6.07) is 6.99. The minimum atomic E-state index is 0.587.